The van der Waals surface area contributed by atoms with Crippen LogP contribution in [0.5, 0.6) is 5.75 Å². The van der Waals surface area contributed by atoms with E-state index >= 15 is 0 Å². The number of hydrogen-bond acceptors (Lipinski definition) is 2. The van der Waals surface area contributed by atoms with Gasteiger partial charge in [-0.15, -0.1) is 0 Å². The fourth-order valence-electron chi connectivity index (χ4n) is 2.65. The summed E-state index contributed by atoms with van der Waals surface area (Å²) >= 11 is 3.51. The zero-order chi connectivity index (χ0) is 15.6. The third-order valence-corrected chi connectivity index (χ3v) is 6.25. The van der Waals surface area contributed by atoms with Crippen molar-refractivity contribution in [1.82, 2.24) is 0 Å². The van der Waals surface area contributed by atoms with Crippen LogP contribution in [0.15, 0.2) is 83.3 Å². The van der Waals surface area contributed by atoms with Gasteiger partial charge in [-0.25, -0.2) is 0 Å². The predicted molar refractivity (Wildman–Crippen MR) is 100 cm³/mol. The summed E-state index contributed by atoms with van der Waals surface area (Å²) in [6.07, 6.45) is 0. The third kappa shape index (κ3) is 2.99. The first kappa shape index (κ1) is 14.7. The van der Waals surface area contributed by atoms with E-state index in [-0.39, 0.29) is 0 Å². The van der Waals surface area contributed by atoms with E-state index in [1.54, 1.807) is 0 Å². The zero-order valence-electron chi connectivity index (χ0n) is 12.4. The largest absolute Gasteiger partial charge is 0.448 e. The van der Waals surface area contributed by atoms with E-state index in [1.165, 1.54) is 16.6 Å². The molecule has 23 heavy (non-hydrogen) atoms. The first-order chi connectivity index (χ1) is 11.3. The average Bonchev–Trinajstić information content (AvgIpc) is 2.62. The van der Waals surface area contributed by atoms with Crippen LogP contribution in [0.25, 0.3) is 0 Å². The number of anilines is 1. The van der Waals surface area contributed by atoms with E-state index in [1.807, 2.05) is 12.1 Å². The maximum Gasteiger partial charge on any atom is 0.225 e. The van der Waals surface area contributed by atoms with Crippen LogP contribution in [-0.4, -0.2) is 0 Å². The van der Waals surface area contributed by atoms with Crippen molar-refractivity contribution in [3.63, 3.8) is 0 Å². The van der Waals surface area contributed by atoms with Gasteiger partial charge < -0.3 is 9.19 Å². The molecule has 0 aliphatic carbocycles. The summed E-state index contributed by atoms with van der Waals surface area (Å²) in [5.41, 5.74) is 2.41. The lowest BCUT2D eigenvalue weighted by Gasteiger charge is -2.37. The molecule has 1 aliphatic heterocycles. The van der Waals surface area contributed by atoms with Crippen molar-refractivity contribution in [1.29, 1.82) is 0 Å². The van der Waals surface area contributed by atoms with Gasteiger partial charge in [0.1, 0.15) is 5.75 Å². The van der Waals surface area contributed by atoms with E-state index < -0.39 is 8.30 Å². The van der Waals surface area contributed by atoms with Crippen molar-refractivity contribution in [2.45, 2.75) is 6.54 Å². The molecule has 0 bridgehead atoms. The van der Waals surface area contributed by atoms with Gasteiger partial charge >= 0.3 is 0 Å². The topological polar surface area (TPSA) is 12.5 Å². The lowest BCUT2D eigenvalue weighted by Crippen LogP contribution is -2.28. The zero-order valence-corrected chi connectivity index (χ0v) is 14.9. The molecule has 4 rings (SSSR count). The lowest BCUT2D eigenvalue weighted by molar-refractivity contribution is 0.587. The molecule has 1 aliphatic rings. The Balaban J connectivity index is 1.78. The molecule has 0 radical (unpaired) electrons. The van der Waals surface area contributed by atoms with E-state index in [2.05, 4.69) is 87.3 Å². The number of nitrogens with zero attached hydrogens (tertiary/aromatic N) is 1. The molecule has 0 aromatic heterocycles. The molecule has 0 spiro atoms. The maximum absolute atomic E-state index is 6.39. The summed E-state index contributed by atoms with van der Waals surface area (Å²) in [5.74, 6) is 0.996. The van der Waals surface area contributed by atoms with Crippen molar-refractivity contribution in [2.24, 2.45) is 0 Å². The standard InChI is InChI=1S/C19H15BrNOP/c20-16-10-12-17(13-11-16)21-14-15-6-4-5-9-19(15)22-23(21)18-7-2-1-3-8-18/h1-13H,14H2. The highest BCUT2D eigenvalue weighted by molar-refractivity contribution is 9.10. The molecule has 1 heterocycles. The van der Waals surface area contributed by atoms with Crippen LogP contribution in [-0.2, 0) is 6.54 Å². The Hall–Kier alpha value is -1.83. The molecule has 4 heteroatoms. The van der Waals surface area contributed by atoms with Crippen molar-refractivity contribution >= 4 is 35.2 Å². The van der Waals surface area contributed by atoms with Crippen molar-refractivity contribution in [2.75, 3.05) is 4.67 Å². The maximum atomic E-state index is 6.39. The van der Waals surface area contributed by atoms with Crippen LogP contribution < -0.4 is 14.5 Å². The summed E-state index contributed by atoms with van der Waals surface area (Å²) in [4.78, 5) is 0. The monoisotopic (exact) mass is 383 g/mol. The Morgan fingerprint density at radius 3 is 2.30 bits per heavy atom. The van der Waals surface area contributed by atoms with Gasteiger partial charge in [0.05, 0.1) is 6.54 Å². The molecule has 0 saturated carbocycles. The van der Waals surface area contributed by atoms with Crippen LogP contribution in [0.1, 0.15) is 5.56 Å². The van der Waals surface area contributed by atoms with E-state index in [4.69, 9.17) is 4.52 Å². The van der Waals surface area contributed by atoms with Gasteiger partial charge in [0, 0.05) is 21.0 Å². The molecule has 0 fully saturated rings. The van der Waals surface area contributed by atoms with Crippen LogP contribution in [0.4, 0.5) is 5.69 Å². The lowest BCUT2D eigenvalue weighted by atomic mass is 10.2. The quantitative estimate of drug-likeness (QED) is 0.542. The second kappa shape index (κ2) is 6.35. The Morgan fingerprint density at radius 2 is 1.52 bits per heavy atom. The van der Waals surface area contributed by atoms with Crippen molar-refractivity contribution < 1.29 is 4.52 Å². The molecule has 114 valence electrons. The van der Waals surface area contributed by atoms with Gasteiger partial charge in [-0.1, -0.05) is 52.3 Å². The molecule has 1 unspecified atom stereocenters. The van der Waals surface area contributed by atoms with Crippen LogP contribution in [0, 0.1) is 0 Å². The van der Waals surface area contributed by atoms with Crippen LogP contribution in [0.2, 0.25) is 0 Å². The molecule has 1 atom stereocenters. The average molecular weight is 384 g/mol. The number of para-hydroxylation sites is 1. The summed E-state index contributed by atoms with van der Waals surface area (Å²) in [7, 11) is -0.885. The van der Waals surface area contributed by atoms with Crippen molar-refractivity contribution in [3.8, 4) is 5.75 Å². The third-order valence-electron chi connectivity index (χ3n) is 3.80. The molecule has 0 amide bonds. The predicted octanol–water partition coefficient (Wildman–Crippen LogP) is 5.49. The molecule has 0 saturated heterocycles. The minimum Gasteiger partial charge on any atom is -0.448 e. The molecule has 3 aromatic carbocycles. The van der Waals surface area contributed by atoms with E-state index in [0.29, 0.717) is 0 Å². The second-order valence-corrected chi connectivity index (χ2v) is 7.98. The Labute approximate surface area is 145 Å². The highest BCUT2D eigenvalue weighted by atomic mass is 79.9. The highest BCUT2D eigenvalue weighted by Crippen LogP contribution is 2.50. The molecule has 2 nitrogen and oxygen atoms in total. The summed E-state index contributed by atoms with van der Waals surface area (Å²) in [6.45, 7) is 0.860. The number of fused-ring (bicyclic) bond motifs is 1. The van der Waals surface area contributed by atoms with Gasteiger partial charge in [0.2, 0.25) is 8.30 Å². The molecule has 3 aromatic rings. The first-order valence-electron chi connectivity index (χ1n) is 7.45. The van der Waals surface area contributed by atoms with Gasteiger partial charge in [-0.3, -0.25) is 0 Å². The summed E-state index contributed by atoms with van der Waals surface area (Å²) in [5, 5.41) is 1.22. The normalized spacial score (nSPS) is 16.6. The Kier molecular flexibility index (Phi) is 4.07. The first-order valence-corrected chi connectivity index (χ1v) is 9.46. The fourth-order valence-corrected chi connectivity index (χ4v) is 4.81. The minimum absolute atomic E-state index is 0.860. The van der Waals surface area contributed by atoms with E-state index in [0.717, 1.165) is 16.8 Å². The molecule has 0 N–H and O–H groups in total. The fraction of sp³-hybridized carbons (Fsp3) is 0.0526. The van der Waals surface area contributed by atoms with Gasteiger partial charge in [0.25, 0.3) is 0 Å². The number of benzene rings is 3. The van der Waals surface area contributed by atoms with Gasteiger partial charge in [-0.2, -0.15) is 0 Å². The summed E-state index contributed by atoms with van der Waals surface area (Å²) in [6, 6.07) is 27.2. The Bertz CT molecular complexity index is 807. The molecular weight excluding hydrogens is 369 g/mol. The van der Waals surface area contributed by atoms with Crippen LogP contribution in [0.3, 0.4) is 0 Å². The van der Waals surface area contributed by atoms with E-state index in [9.17, 15) is 0 Å². The smallest absolute Gasteiger partial charge is 0.225 e. The minimum atomic E-state index is -0.885. The summed E-state index contributed by atoms with van der Waals surface area (Å²) < 4.78 is 9.84. The van der Waals surface area contributed by atoms with Gasteiger partial charge in [-0.05, 0) is 42.5 Å². The van der Waals surface area contributed by atoms with Gasteiger partial charge in [0.15, 0.2) is 0 Å². The van der Waals surface area contributed by atoms with Crippen molar-refractivity contribution in [3.05, 3.63) is 88.9 Å². The number of halogens is 1. The van der Waals surface area contributed by atoms with Crippen LogP contribution >= 0.6 is 24.2 Å². The second-order valence-electron chi connectivity index (χ2n) is 5.34. The number of hydrogen-bond donors (Lipinski definition) is 0. The Morgan fingerprint density at radius 1 is 0.826 bits per heavy atom. The number of rotatable bonds is 2. The SMILES string of the molecule is Brc1ccc(N2Cc3ccccc3OP2c2ccccc2)cc1. The molecular formula is C19H15BrNOP. The highest BCUT2D eigenvalue weighted by Gasteiger charge is 2.30.